The average Bonchev–Trinajstić information content (AvgIpc) is 3.14. The fraction of sp³-hybridized carbons (Fsp3) is 0.565. The first-order valence-corrected chi connectivity index (χ1v) is 11.1. The molecule has 174 valence electrons. The zero-order valence-corrected chi connectivity index (χ0v) is 18.6. The van der Waals surface area contributed by atoms with Gasteiger partial charge in [0.1, 0.15) is 11.9 Å². The van der Waals surface area contributed by atoms with E-state index in [4.69, 9.17) is 5.73 Å². The Kier molecular flexibility index (Phi) is 7.48. The van der Waals surface area contributed by atoms with E-state index < -0.39 is 17.8 Å². The highest BCUT2D eigenvalue weighted by Gasteiger charge is 2.38. The lowest BCUT2D eigenvalue weighted by atomic mass is 9.94. The number of nitrogens with two attached hydrogens (primary N) is 1. The molecule has 2 aliphatic rings. The number of halogens is 1. The highest BCUT2D eigenvalue weighted by atomic mass is 19.1. The molecule has 4 amide bonds. The van der Waals surface area contributed by atoms with Crippen molar-refractivity contribution in [2.45, 2.75) is 45.6 Å². The highest BCUT2D eigenvalue weighted by Crippen LogP contribution is 2.26. The van der Waals surface area contributed by atoms with Gasteiger partial charge in [-0.05, 0) is 49.4 Å². The molecule has 0 spiro atoms. The number of likely N-dealkylation sites (tertiary alicyclic amines) is 1. The number of anilines is 1. The molecule has 0 aliphatic carbocycles. The molecule has 8 nitrogen and oxygen atoms in total. The van der Waals surface area contributed by atoms with E-state index in [1.807, 2.05) is 13.8 Å². The van der Waals surface area contributed by atoms with E-state index in [1.54, 1.807) is 4.90 Å². The van der Waals surface area contributed by atoms with Crippen LogP contribution in [0.3, 0.4) is 0 Å². The largest absolute Gasteiger partial charge is 0.369 e. The van der Waals surface area contributed by atoms with E-state index in [-0.39, 0.29) is 48.4 Å². The van der Waals surface area contributed by atoms with Gasteiger partial charge in [0.05, 0.1) is 5.92 Å². The van der Waals surface area contributed by atoms with Crippen molar-refractivity contribution in [3.63, 3.8) is 0 Å². The van der Waals surface area contributed by atoms with E-state index >= 15 is 0 Å². The third-order valence-electron chi connectivity index (χ3n) is 6.16. The third-order valence-corrected chi connectivity index (χ3v) is 6.16. The van der Waals surface area contributed by atoms with Crippen LogP contribution in [0.25, 0.3) is 0 Å². The molecule has 0 saturated carbocycles. The monoisotopic (exact) mass is 446 g/mol. The quantitative estimate of drug-likeness (QED) is 0.660. The van der Waals surface area contributed by atoms with Crippen LogP contribution in [0.5, 0.6) is 0 Å². The first-order chi connectivity index (χ1) is 15.2. The molecule has 32 heavy (non-hydrogen) atoms. The van der Waals surface area contributed by atoms with Crippen molar-refractivity contribution in [1.29, 1.82) is 0 Å². The van der Waals surface area contributed by atoms with Gasteiger partial charge < -0.3 is 20.9 Å². The van der Waals surface area contributed by atoms with E-state index in [1.165, 1.54) is 29.2 Å². The first-order valence-electron chi connectivity index (χ1n) is 11.1. The van der Waals surface area contributed by atoms with Gasteiger partial charge >= 0.3 is 0 Å². The summed E-state index contributed by atoms with van der Waals surface area (Å²) in [7, 11) is 0. The lowest BCUT2D eigenvalue weighted by Crippen LogP contribution is -2.53. The second-order valence-electron chi connectivity index (χ2n) is 9.07. The third kappa shape index (κ3) is 5.63. The van der Waals surface area contributed by atoms with Gasteiger partial charge in [0, 0.05) is 37.7 Å². The van der Waals surface area contributed by atoms with Gasteiger partial charge in [-0.15, -0.1) is 0 Å². The van der Waals surface area contributed by atoms with Crippen LogP contribution in [0.2, 0.25) is 0 Å². The molecule has 1 aromatic carbocycles. The molecule has 2 heterocycles. The molecule has 0 aromatic heterocycles. The first kappa shape index (κ1) is 23.7. The van der Waals surface area contributed by atoms with Gasteiger partial charge in [0.2, 0.25) is 23.6 Å². The van der Waals surface area contributed by atoms with Crippen molar-refractivity contribution in [3.05, 3.63) is 30.1 Å². The number of primary amides is 1. The van der Waals surface area contributed by atoms with Crippen LogP contribution in [0, 0.1) is 23.6 Å². The van der Waals surface area contributed by atoms with Crippen LogP contribution >= 0.6 is 0 Å². The number of nitrogens with one attached hydrogen (secondary N) is 1. The highest BCUT2D eigenvalue weighted by molar-refractivity contribution is 6.01. The number of carbonyl (C=O) groups is 4. The molecule has 2 saturated heterocycles. The number of hydrogen-bond acceptors (Lipinski definition) is 4. The van der Waals surface area contributed by atoms with E-state index in [0.29, 0.717) is 38.0 Å². The molecule has 1 aromatic rings. The second-order valence-corrected chi connectivity index (χ2v) is 9.07. The summed E-state index contributed by atoms with van der Waals surface area (Å²) in [6, 6.07) is 4.87. The molecule has 2 aliphatic heterocycles. The van der Waals surface area contributed by atoms with E-state index in [9.17, 15) is 23.6 Å². The molecular weight excluding hydrogens is 415 g/mol. The summed E-state index contributed by atoms with van der Waals surface area (Å²) in [6.45, 7) is 4.99. The Labute approximate surface area is 187 Å². The Morgan fingerprint density at radius 2 is 1.75 bits per heavy atom. The minimum Gasteiger partial charge on any atom is -0.369 e. The smallest absolute Gasteiger partial charge is 0.245 e. The predicted molar refractivity (Wildman–Crippen MR) is 117 cm³/mol. The number of benzene rings is 1. The maximum absolute atomic E-state index is 13.2. The SMILES string of the molecule is CC(C)C[C@H](NC(=O)C1CC(=O)N(c2ccc(F)cc2)C1)C(=O)N1CCC(C(N)=O)CC1. The molecule has 3 N–H and O–H groups in total. The van der Waals surface area contributed by atoms with Crippen LogP contribution in [0.4, 0.5) is 10.1 Å². The normalized spacial score (nSPS) is 20.5. The number of hydrogen-bond donors (Lipinski definition) is 2. The summed E-state index contributed by atoms with van der Waals surface area (Å²) >= 11 is 0. The van der Waals surface area contributed by atoms with Crippen LogP contribution in [-0.4, -0.2) is 54.2 Å². The topological polar surface area (TPSA) is 113 Å². The van der Waals surface area contributed by atoms with Gasteiger partial charge in [-0.2, -0.15) is 0 Å². The molecule has 1 unspecified atom stereocenters. The van der Waals surface area contributed by atoms with E-state index in [0.717, 1.165) is 0 Å². The summed E-state index contributed by atoms with van der Waals surface area (Å²) in [5.41, 5.74) is 5.91. The van der Waals surface area contributed by atoms with Crippen molar-refractivity contribution in [3.8, 4) is 0 Å². The Bertz CT molecular complexity index is 865. The second kappa shape index (κ2) is 10.1. The molecular formula is C23H31FN4O4. The van der Waals surface area contributed by atoms with Crippen LogP contribution < -0.4 is 16.0 Å². The average molecular weight is 447 g/mol. The fourth-order valence-corrected chi connectivity index (χ4v) is 4.34. The van der Waals surface area contributed by atoms with E-state index in [2.05, 4.69) is 5.32 Å². The predicted octanol–water partition coefficient (Wildman–Crippen LogP) is 1.43. The van der Waals surface area contributed by atoms with Crippen molar-refractivity contribution in [2.75, 3.05) is 24.5 Å². The molecule has 0 radical (unpaired) electrons. The van der Waals surface area contributed by atoms with Crippen molar-refractivity contribution >= 4 is 29.3 Å². The zero-order valence-electron chi connectivity index (χ0n) is 18.6. The fourth-order valence-electron chi connectivity index (χ4n) is 4.34. The molecule has 0 bridgehead atoms. The Hall–Kier alpha value is -2.97. The summed E-state index contributed by atoms with van der Waals surface area (Å²) in [5.74, 6) is -2.10. The maximum Gasteiger partial charge on any atom is 0.245 e. The molecule has 2 fully saturated rings. The van der Waals surface area contributed by atoms with Crippen molar-refractivity contribution in [2.24, 2.45) is 23.5 Å². The summed E-state index contributed by atoms with van der Waals surface area (Å²) in [4.78, 5) is 53.1. The summed E-state index contributed by atoms with van der Waals surface area (Å²) < 4.78 is 13.2. The van der Waals surface area contributed by atoms with Crippen LogP contribution in [0.1, 0.15) is 39.5 Å². The Morgan fingerprint density at radius 1 is 1.12 bits per heavy atom. The Morgan fingerprint density at radius 3 is 2.31 bits per heavy atom. The lowest BCUT2D eigenvalue weighted by molar-refractivity contribution is -0.140. The molecule has 2 atom stereocenters. The van der Waals surface area contributed by atoms with Gasteiger partial charge in [0.25, 0.3) is 0 Å². The van der Waals surface area contributed by atoms with Crippen molar-refractivity contribution in [1.82, 2.24) is 10.2 Å². The van der Waals surface area contributed by atoms with Gasteiger partial charge in [-0.3, -0.25) is 19.2 Å². The number of rotatable bonds is 7. The number of piperidine rings is 1. The zero-order chi connectivity index (χ0) is 23.4. The van der Waals surface area contributed by atoms with Crippen LogP contribution in [0.15, 0.2) is 24.3 Å². The minimum atomic E-state index is -0.692. The molecule has 3 rings (SSSR count). The number of carbonyl (C=O) groups excluding carboxylic acids is 4. The van der Waals surface area contributed by atoms with Crippen LogP contribution in [-0.2, 0) is 19.2 Å². The summed E-state index contributed by atoms with van der Waals surface area (Å²) in [5, 5.41) is 2.86. The number of nitrogens with zero attached hydrogens (tertiary/aromatic N) is 2. The van der Waals surface area contributed by atoms with Crippen molar-refractivity contribution < 1.29 is 23.6 Å². The Balaban J connectivity index is 1.63. The van der Waals surface area contributed by atoms with Gasteiger partial charge in [0.15, 0.2) is 0 Å². The lowest BCUT2D eigenvalue weighted by Gasteiger charge is -2.34. The summed E-state index contributed by atoms with van der Waals surface area (Å²) in [6.07, 6.45) is 1.55. The standard InChI is InChI=1S/C23H31FN4O4/c1-14(2)11-19(23(32)27-9-7-15(8-10-27)21(25)30)26-22(31)16-12-20(29)28(13-16)18-5-3-17(24)4-6-18/h3-6,14-16,19H,7-13H2,1-2H3,(H2,25,30)(H,26,31)/t16?,19-/m0/s1. The number of amides is 4. The van der Waals surface area contributed by atoms with Gasteiger partial charge in [-0.1, -0.05) is 13.8 Å². The van der Waals surface area contributed by atoms with Gasteiger partial charge in [-0.25, -0.2) is 4.39 Å². The minimum absolute atomic E-state index is 0.0375. The maximum atomic E-state index is 13.2. The molecule has 9 heteroatoms.